The second kappa shape index (κ2) is 14.5. The summed E-state index contributed by atoms with van der Waals surface area (Å²) in [6.07, 6.45) is -26.2. The van der Waals surface area contributed by atoms with Crippen LogP contribution in [0.4, 0.5) is 79.0 Å². The topological polar surface area (TPSA) is 147 Å². The Labute approximate surface area is 267 Å². The lowest BCUT2D eigenvalue weighted by atomic mass is 9.85. The van der Waals surface area contributed by atoms with E-state index in [4.69, 9.17) is 0 Å². The summed E-state index contributed by atoms with van der Waals surface area (Å²) in [6.45, 7) is 1.18. The van der Waals surface area contributed by atoms with Crippen LogP contribution in [0.2, 0.25) is 0 Å². The Morgan fingerprint density at radius 3 is 0.960 bits per heavy atom. The van der Waals surface area contributed by atoms with Crippen LogP contribution >= 0.6 is 0 Å². The van der Waals surface area contributed by atoms with Crippen LogP contribution in [0.15, 0.2) is 10.2 Å². The Morgan fingerprint density at radius 2 is 0.780 bits per heavy atom. The minimum Gasteiger partial charge on any atom is -0.481 e. The number of aliphatic carboxylic acids is 2. The van der Waals surface area contributed by atoms with E-state index in [1.807, 2.05) is 0 Å². The minimum absolute atomic E-state index is 0.590. The molecule has 8 nitrogen and oxygen atoms in total. The molecule has 0 fully saturated rings. The van der Waals surface area contributed by atoms with E-state index in [2.05, 4.69) is 10.2 Å². The van der Waals surface area contributed by atoms with Gasteiger partial charge in [0.15, 0.2) is 11.1 Å². The van der Waals surface area contributed by atoms with Crippen molar-refractivity contribution in [1.82, 2.24) is 0 Å². The molecule has 50 heavy (non-hydrogen) atoms. The van der Waals surface area contributed by atoms with Crippen molar-refractivity contribution in [2.24, 2.45) is 22.1 Å². The van der Waals surface area contributed by atoms with Gasteiger partial charge in [0.2, 0.25) is 0 Å². The Kier molecular flexibility index (Phi) is 13.4. The summed E-state index contributed by atoms with van der Waals surface area (Å²) in [5.41, 5.74) is -5.35. The van der Waals surface area contributed by atoms with E-state index >= 15 is 0 Å². The molecule has 288 valence electrons. The number of rotatable bonds is 18. The quantitative estimate of drug-likeness (QED) is 0.105. The van der Waals surface area contributed by atoms with Crippen molar-refractivity contribution in [3.05, 3.63) is 0 Å². The highest BCUT2D eigenvalue weighted by molar-refractivity contribution is 5.70. The summed E-state index contributed by atoms with van der Waals surface area (Å²) in [6, 6.07) is 2.39. The average Bonchev–Trinajstić information content (AvgIpc) is 2.94. The maximum absolute atomic E-state index is 13.9. The molecule has 0 aliphatic rings. The van der Waals surface area contributed by atoms with Crippen LogP contribution in [0, 0.1) is 34.5 Å². The van der Waals surface area contributed by atoms with Gasteiger partial charge >= 0.3 is 59.8 Å². The van der Waals surface area contributed by atoms with Crippen molar-refractivity contribution in [3.63, 3.8) is 0 Å². The Morgan fingerprint density at radius 1 is 0.540 bits per heavy atom. The third-order valence-corrected chi connectivity index (χ3v) is 6.99. The van der Waals surface area contributed by atoms with Crippen LogP contribution in [-0.4, -0.2) is 81.1 Å². The molecule has 0 rings (SSSR count). The number of carbonyl (C=O) groups is 2. The van der Waals surface area contributed by atoms with Crippen molar-refractivity contribution in [3.8, 4) is 12.1 Å². The van der Waals surface area contributed by atoms with Crippen LogP contribution in [-0.2, 0) is 9.59 Å². The summed E-state index contributed by atoms with van der Waals surface area (Å²) in [4.78, 5) is 23.1. The molecule has 0 bridgehead atoms. The molecule has 0 saturated heterocycles. The van der Waals surface area contributed by atoms with Crippen LogP contribution in [0.1, 0.15) is 52.4 Å². The standard InChI is InChI=1S/C24H22F18N4O4/c1-15(9-43,7-11(13(47)48)3-5-17(25,26)19(29,30)21(33,34)23(37,38)39)45-46-16(2,10-44)8-12(14(49)50)4-6-18(27,28)20(31,32)22(35,36)24(40,41)42/h11-12H,3-8H2,1-2H3,(H,47,48)(H,49,50). The number of nitrogens with zero attached hydrogens (tertiary/aromatic N) is 4. The van der Waals surface area contributed by atoms with E-state index in [0.717, 1.165) is 0 Å². The number of carboxylic acids is 2. The fraction of sp³-hybridized carbons (Fsp3) is 0.833. The zero-order valence-electron chi connectivity index (χ0n) is 24.7. The lowest BCUT2D eigenvalue weighted by Crippen LogP contribution is -2.60. The van der Waals surface area contributed by atoms with E-state index in [-0.39, 0.29) is 0 Å². The molecule has 0 aromatic rings. The summed E-state index contributed by atoms with van der Waals surface area (Å²) in [5.74, 6) is -50.8. The lowest BCUT2D eigenvalue weighted by Gasteiger charge is -2.34. The van der Waals surface area contributed by atoms with Gasteiger partial charge in [0, 0.05) is 25.7 Å². The van der Waals surface area contributed by atoms with Crippen molar-refractivity contribution in [1.29, 1.82) is 10.5 Å². The number of azo groups is 1. The smallest absolute Gasteiger partial charge is 0.460 e. The molecule has 0 radical (unpaired) electrons. The largest absolute Gasteiger partial charge is 0.481 e. The third-order valence-electron chi connectivity index (χ3n) is 6.99. The minimum atomic E-state index is -7.31. The molecule has 2 N–H and O–H groups in total. The van der Waals surface area contributed by atoms with Gasteiger partial charge in [-0.3, -0.25) is 9.59 Å². The second-order valence-corrected chi connectivity index (χ2v) is 11.2. The molecule has 0 heterocycles. The summed E-state index contributed by atoms with van der Waals surface area (Å²) in [5, 5.41) is 43.8. The molecular weight excluding hydrogens is 750 g/mol. The maximum Gasteiger partial charge on any atom is 0.460 e. The van der Waals surface area contributed by atoms with Crippen LogP contribution in [0.3, 0.4) is 0 Å². The highest BCUT2D eigenvalue weighted by Crippen LogP contribution is 2.56. The van der Waals surface area contributed by atoms with E-state index in [1.165, 1.54) is 12.1 Å². The molecule has 4 unspecified atom stereocenters. The van der Waals surface area contributed by atoms with Gasteiger partial charge in [0.05, 0.1) is 24.0 Å². The number of halogens is 18. The summed E-state index contributed by atoms with van der Waals surface area (Å²) >= 11 is 0. The number of hydrogen-bond donors (Lipinski definition) is 2. The maximum atomic E-state index is 13.9. The second-order valence-electron chi connectivity index (χ2n) is 11.2. The van der Waals surface area contributed by atoms with Crippen LogP contribution < -0.4 is 0 Å². The van der Waals surface area contributed by atoms with Gasteiger partial charge in [-0.1, -0.05) is 0 Å². The van der Waals surface area contributed by atoms with Gasteiger partial charge in [-0.25, -0.2) is 0 Å². The van der Waals surface area contributed by atoms with Gasteiger partial charge < -0.3 is 10.2 Å². The van der Waals surface area contributed by atoms with E-state index in [0.29, 0.717) is 13.8 Å². The molecule has 0 spiro atoms. The van der Waals surface area contributed by atoms with Gasteiger partial charge in [-0.05, 0) is 26.7 Å². The van der Waals surface area contributed by atoms with Crippen molar-refractivity contribution < 1.29 is 98.8 Å². The summed E-state index contributed by atoms with van der Waals surface area (Å²) in [7, 11) is 0. The number of carboxylic acid groups (broad SMARTS) is 2. The number of nitriles is 2. The zero-order valence-corrected chi connectivity index (χ0v) is 24.7. The third kappa shape index (κ3) is 9.52. The fourth-order valence-electron chi connectivity index (χ4n) is 3.86. The first-order valence-corrected chi connectivity index (χ1v) is 13.0. The Bertz CT molecular complexity index is 1250. The predicted molar refractivity (Wildman–Crippen MR) is 125 cm³/mol. The molecule has 0 aliphatic heterocycles. The Hall–Kier alpha value is -3.74. The number of hydrogen-bond acceptors (Lipinski definition) is 6. The fourth-order valence-corrected chi connectivity index (χ4v) is 3.86. The van der Waals surface area contributed by atoms with E-state index in [1.54, 1.807) is 0 Å². The highest BCUT2D eigenvalue weighted by Gasteiger charge is 2.82. The molecule has 0 saturated carbocycles. The van der Waals surface area contributed by atoms with Crippen LogP contribution in [0.25, 0.3) is 0 Å². The van der Waals surface area contributed by atoms with Gasteiger partial charge in [0.1, 0.15) is 0 Å². The molecule has 0 amide bonds. The first-order valence-electron chi connectivity index (χ1n) is 13.0. The van der Waals surface area contributed by atoms with Gasteiger partial charge in [0.25, 0.3) is 0 Å². The monoisotopic (exact) mass is 772 g/mol. The summed E-state index contributed by atoms with van der Waals surface area (Å²) < 4.78 is 236. The van der Waals surface area contributed by atoms with Crippen molar-refractivity contribution in [2.75, 3.05) is 0 Å². The molecular formula is C24H22F18N4O4. The van der Waals surface area contributed by atoms with E-state index < -0.39 is 121 Å². The predicted octanol–water partition coefficient (Wildman–Crippen LogP) is 8.68. The lowest BCUT2D eigenvalue weighted by molar-refractivity contribution is -0.397. The van der Waals surface area contributed by atoms with Crippen molar-refractivity contribution >= 4 is 11.9 Å². The van der Waals surface area contributed by atoms with Crippen LogP contribution in [0.5, 0.6) is 0 Å². The Balaban J connectivity index is 6.21. The molecule has 4 atom stereocenters. The normalized spacial score (nSPS) is 18.0. The molecule has 0 aromatic heterocycles. The number of alkyl halides is 18. The van der Waals surface area contributed by atoms with Crippen molar-refractivity contribution in [2.45, 2.75) is 111 Å². The zero-order chi connectivity index (χ0) is 40.4. The molecule has 0 aromatic carbocycles. The van der Waals surface area contributed by atoms with Gasteiger partial charge in [-0.2, -0.15) is 99.8 Å². The molecule has 0 aliphatic carbocycles. The first-order chi connectivity index (χ1) is 21.9. The molecule has 26 heteroatoms. The highest BCUT2D eigenvalue weighted by atomic mass is 19.4. The average molecular weight is 772 g/mol. The first kappa shape index (κ1) is 46.3. The van der Waals surface area contributed by atoms with Gasteiger partial charge in [-0.15, -0.1) is 0 Å². The van der Waals surface area contributed by atoms with E-state index in [9.17, 15) is 109 Å². The SMILES string of the molecule is CC(C#N)(CC(CCC(F)(F)C(F)(F)C(F)(F)C(F)(F)F)C(=O)O)N=NC(C)(C#N)CC(CCC(F)(F)C(F)(F)C(F)(F)C(F)(F)F)C(=O)O.